The summed E-state index contributed by atoms with van der Waals surface area (Å²) in [6, 6.07) is 8.81. The molecule has 15 heavy (non-hydrogen) atoms. The molecule has 0 fully saturated rings. The van der Waals surface area contributed by atoms with Crippen LogP contribution >= 0.6 is 23.2 Å². The highest BCUT2D eigenvalue weighted by molar-refractivity contribution is 6.35. The van der Waals surface area contributed by atoms with Gasteiger partial charge >= 0.3 is 0 Å². The van der Waals surface area contributed by atoms with E-state index < -0.39 is 0 Å². The van der Waals surface area contributed by atoms with Gasteiger partial charge in [0.1, 0.15) is 0 Å². The van der Waals surface area contributed by atoms with Crippen LogP contribution in [0.4, 0.5) is 5.69 Å². The van der Waals surface area contributed by atoms with Crippen molar-refractivity contribution in [2.24, 2.45) is 0 Å². The van der Waals surface area contributed by atoms with Gasteiger partial charge < -0.3 is 5.73 Å². The lowest BCUT2D eigenvalue weighted by atomic mass is 10.1. The Hall–Kier alpha value is -1.25. The number of halogens is 2. The normalized spacial score (nSPS) is 10.3. The molecule has 0 aliphatic heterocycles. The summed E-state index contributed by atoms with van der Waals surface area (Å²) < 4.78 is 0. The highest BCUT2D eigenvalue weighted by Gasteiger charge is 2.05. The molecule has 2 nitrogen and oxygen atoms in total. The minimum Gasteiger partial charge on any atom is -0.397 e. The number of rotatable bonds is 1. The summed E-state index contributed by atoms with van der Waals surface area (Å²) in [5, 5.41) is 1.14. The number of nitrogens with zero attached hydrogens (tertiary/aromatic N) is 1. The number of nitrogens with two attached hydrogens (primary N) is 1. The van der Waals surface area contributed by atoms with E-state index in [1.165, 1.54) is 0 Å². The predicted molar refractivity (Wildman–Crippen MR) is 64.1 cm³/mol. The average molecular weight is 239 g/mol. The smallest absolute Gasteiger partial charge is 0.0932 e. The second kappa shape index (κ2) is 4.09. The Morgan fingerprint density at radius 1 is 1.07 bits per heavy atom. The largest absolute Gasteiger partial charge is 0.397 e. The van der Waals surface area contributed by atoms with Crippen molar-refractivity contribution in [2.75, 3.05) is 5.73 Å². The van der Waals surface area contributed by atoms with E-state index in [4.69, 9.17) is 28.9 Å². The van der Waals surface area contributed by atoms with Gasteiger partial charge in [-0.05, 0) is 30.3 Å². The second-order valence-electron chi connectivity index (χ2n) is 3.10. The number of pyridine rings is 1. The minimum atomic E-state index is 0.572. The molecule has 1 aromatic carbocycles. The van der Waals surface area contributed by atoms with E-state index in [0.717, 1.165) is 5.56 Å². The van der Waals surface area contributed by atoms with E-state index in [2.05, 4.69) is 4.98 Å². The molecule has 0 aliphatic carbocycles. The molecule has 0 saturated heterocycles. The average Bonchev–Trinajstić information content (AvgIpc) is 2.16. The first kappa shape index (κ1) is 10.3. The molecule has 0 radical (unpaired) electrons. The van der Waals surface area contributed by atoms with Crippen LogP contribution in [0, 0.1) is 0 Å². The van der Waals surface area contributed by atoms with Crippen LogP contribution in [0.2, 0.25) is 10.0 Å². The number of anilines is 1. The van der Waals surface area contributed by atoms with Crippen LogP contribution in [0.25, 0.3) is 11.3 Å². The van der Waals surface area contributed by atoms with E-state index in [1.807, 2.05) is 0 Å². The molecule has 4 heteroatoms. The van der Waals surface area contributed by atoms with Gasteiger partial charge in [0.2, 0.25) is 0 Å². The molecule has 1 heterocycles. The van der Waals surface area contributed by atoms with Crippen molar-refractivity contribution in [3.8, 4) is 11.3 Å². The summed E-state index contributed by atoms with van der Waals surface area (Å²) >= 11 is 11.8. The summed E-state index contributed by atoms with van der Waals surface area (Å²) in [7, 11) is 0. The topological polar surface area (TPSA) is 38.9 Å². The molecule has 0 saturated carbocycles. The number of hydrogen-bond donors (Lipinski definition) is 1. The Bertz CT molecular complexity index is 477. The molecule has 0 unspecified atom stereocenters. The van der Waals surface area contributed by atoms with Crippen LogP contribution < -0.4 is 5.73 Å². The van der Waals surface area contributed by atoms with Gasteiger partial charge in [-0.15, -0.1) is 0 Å². The predicted octanol–water partition coefficient (Wildman–Crippen LogP) is 3.64. The van der Waals surface area contributed by atoms with Crippen molar-refractivity contribution in [3.05, 3.63) is 46.6 Å². The molecule has 2 aromatic rings. The zero-order chi connectivity index (χ0) is 10.8. The quantitative estimate of drug-likeness (QED) is 0.825. The molecule has 1 aromatic heterocycles. The van der Waals surface area contributed by atoms with Gasteiger partial charge in [-0.1, -0.05) is 23.2 Å². The van der Waals surface area contributed by atoms with Crippen molar-refractivity contribution in [1.29, 1.82) is 0 Å². The van der Waals surface area contributed by atoms with Crippen LogP contribution in [-0.2, 0) is 0 Å². The first-order chi connectivity index (χ1) is 7.16. The van der Waals surface area contributed by atoms with Crippen molar-refractivity contribution < 1.29 is 0 Å². The summed E-state index contributed by atoms with van der Waals surface area (Å²) in [4.78, 5) is 4.19. The molecule has 2 rings (SSSR count). The molecule has 0 bridgehead atoms. The lowest BCUT2D eigenvalue weighted by Gasteiger charge is -2.05. The van der Waals surface area contributed by atoms with Gasteiger partial charge in [-0.3, -0.25) is 4.98 Å². The minimum absolute atomic E-state index is 0.572. The maximum absolute atomic E-state index is 5.90. The van der Waals surface area contributed by atoms with E-state index in [0.29, 0.717) is 21.4 Å². The molecular weight excluding hydrogens is 231 g/mol. The Morgan fingerprint density at radius 3 is 2.33 bits per heavy atom. The molecule has 0 atom stereocenters. The van der Waals surface area contributed by atoms with Crippen molar-refractivity contribution in [2.45, 2.75) is 0 Å². The summed E-state index contributed by atoms with van der Waals surface area (Å²) in [6.45, 7) is 0. The second-order valence-corrected chi connectivity index (χ2v) is 3.97. The van der Waals surface area contributed by atoms with Crippen molar-refractivity contribution in [3.63, 3.8) is 0 Å². The van der Waals surface area contributed by atoms with Gasteiger partial charge in [-0.25, -0.2) is 0 Å². The highest BCUT2D eigenvalue weighted by atomic mass is 35.5. The third-order valence-electron chi connectivity index (χ3n) is 1.97. The van der Waals surface area contributed by atoms with E-state index in [1.54, 1.807) is 36.5 Å². The van der Waals surface area contributed by atoms with Crippen LogP contribution in [0.3, 0.4) is 0 Å². The molecular formula is C11H8Cl2N2. The maximum Gasteiger partial charge on any atom is 0.0932 e. The Labute approximate surface area is 97.7 Å². The number of nitrogen functional groups attached to an aromatic ring is 1. The first-order valence-corrected chi connectivity index (χ1v) is 5.09. The van der Waals surface area contributed by atoms with Crippen molar-refractivity contribution >= 4 is 28.9 Å². The maximum atomic E-state index is 5.90. The van der Waals surface area contributed by atoms with E-state index in [-0.39, 0.29) is 0 Å². The summed E-state index contributed by atoms with van der Waals surface area (Å²) in [5.74, 6) is 0. The van der Waals surface area contributed by atoms with Crippen molar-refractivity contribution in [1.82, 2.24) is 4.98 Å². The van der Waals surface area contributed by atoms with Crippen LogP contribution in [-0.4, -0.2) is 4.98 Å². The number of aromatic nitrogens is 1. The number of hydrogen-bond acceptors (Lipinski definition) is 2. The molecule has 0 amide bonds. The zero-order valence-electron chi connectivity index (χ0n) is 7.74. The number of benzene rings is 1. The van der Waals surface area contributed by atoms with E-state index >= 15 is 0 Å². The van der Waals surface area contributed by atoms with Gasteiger partial charge in [0.15, 0.2) is 0 Å². The third kappa shape index (κ3) is 2.22. The van der Waals surface area contributed by atoms with Gasteiger partial charge in [0.25, 0.3) is 0 Å². The standard InChI is InChI=1S/C11H8Cl2N2/c12-8-4-7(5-9(13)6-8)11-10(14)2-1-3-15-11/h1-6H,14H2. The Morgan fingerprint density at radius 2 is 1.73 bits per heavy atom. The summed E-state index contributed by atoms with van der Waals surface area (Å²) in [6.07, 6.45) is 1.68. The van der Waals surface area contributed by atoms with E-state index in [9.17, 15) is 0 Å². The van der Waals surface area contributed by atoms with Crippen LogP contribution in [0.1, 0.15) is 0 Å². The van der Waals surface area contributed by atoms with Crippen LogP contribution in [0.15, 0.2) is 36.5 Å². The highest BCUT2D eigenvalue weighted by Crippen LogP contribution is 2.28. The first-order valence-electron chi connectivity index (χ1n) is 4.34. The van der Waals surface area contributed by atoms with Crippen LogP contribution in [0.5, 0.6) is 0 Å². The zero-order valence-corrected chi connectivity index (χ0v) is 9.26. The van der Waals surface area contributed by atoms with Gasteiger partial charge in [-0.2, -0.15) is 0 Å². The lowest BCUT2D eigenvalue weighted by Crippen LogP contribution is -1.92. The fourth-order valence-electron chi connectivity index (χ4n) is 1.35. The fourth-order valence-corrected chi connectivity index (χ4v) is 1.88. The lowest BCUT2D eigenvalue weighted by molar-refractivity contribution is 1.33. The monoisotopic (exact) mass is 238 g/mol. The molecule has 76 valence electrons. The Balaban J connectivity index is 2.59. The molecule has 0 spiro atoms. The van der Waals surface area contributed by atoms with Gasteiger partial charge in [0, 0.05) is 21.8 Å². The fraction of sp³-hybridized carbons (Fsp3) is 0. The Kier molecular flexibility index (Phi) is 2.80. The summed E-state index contributed by atoms with van der Waals surface area (Å²) in [5.41, 5.74) is 7.93. The van der Waals surface area contributed by atoms with Gasteiger partial charge in [0.05, 0.1) is 11.4 Å². The molecule has 2 N–H and O–H groups in total. The molecule has 0 aliphatic rings. The third-order valence-corrected chi connectivity index (χ3v) is 2.41. The SMILES string of the molecule is Nc1cccnc1-c1cc(Cl)cc(Cl)c1.